The van der Waals surface area contributed by atoms with Gasteiger partial charge in [-0.15, -0.1) is 0 Å². The van der Waals surface area contributed by atoms with Gasteiger partial charge in [-0.05, 0) is 25.0 Å². The van der Waals surface area contributed by atoms with Gasteiger partial charge < -0.3 is 0 Å². The number of hydrogen-bond acceptors (Lipinski definition) is 3. The Hall–Kier alpha value is -0.910. The normalized spacial score (nSPS) is 17.9. The van der Waals surface area contributed by atoms with E-state index in [1.807, 2.05) is 0 Å². The summed E-state index contributed by atoms with van der Waals surface area (Å²) in [5.74, 6) is 0.197. The Kier molecular flexibility index (Phi) is 4.04. The molecule has 0 aromatic heterocycles. The summed E-state index contributed by atoms with van der Waals surface area (Å²) < 4.78 is 26.9. The zero-order valence-electron chi connectivity index (χ0n) is 9.73. The number of hydrogen-bond donors (Lipinski definition) is 1. The van der Waals surface area contributed by atoms with E-state index >= 15 is 0 Å². The Balaban J connectivity index is 2.13. The fourth-order valence-corrected chi connectivity index (χ4v) is 3.83. The number of ketones is 1. The maximum absolute atomic E-state index is 12.1. The monoisotopic (exact) mass is 287 g/mol. The van der Waals surface area contributed by atoms with Crippen LogP contribution in [0.2, 0.25) is 5.02 Å². The van der Waals surface area contributed by atoms with Crippen LogP contribution in [0.25, 0.3) is 0 Å². The molecule has 0 radical (unpaired) electrons. The van der Waals surface area contributed by atoms with Crippen LogP contribution in [0.15, 0.2) is 29.2 Å². The van der Waals surface area contributed by atoms with Crippen LogP contribution in [-0.2, 0) is 14.8 Å². The van der Waals surface area contributed by atoms with Crippen LogP contribution in [0.3, 0.4) is 0 Å². The second-order valence-electron chi connectivity index (χ2n) is 4.36. The molecule has 6 heteroatoms. The predicted octanol–water partition coefficient (Wildman–Crippen LogP) is 2.13. The van der Waals surface area contributed by atoms with Crippen molar-refractivity contribution in [3.05, 3.63) is 29.3 Å². The van der Waals surface area contributed by atoms with Gasteiger partial charge in [0.25, 0.3) is 0 Å². The molecule has 1 aliphatic rings. The van der Waals surface area contributed by atoms with Crippen molar-refractivity contribution in [1.82, 2.24) is 4.72 Å². The molecule has 0 amide bonds. The lowest BCUT2D eigenvalue weighted by molar-refractivity contribution is -0.120. The molecule has 1 N–H and O–H groups in total. The van der Waals surface area contributed by atoms with Crippen LogP contribution < -0.4 is 4.72 Å². The Labute approximate surface area is 111 Å². The van der Waals surface area contributed by atoms with E-state index in [2.05, 4.69) is 4.72 Å². The van der Waals surface area contributed by atoms with E-state index in [1.165, 1.54) is 6.07 Å². The van der Waals surface area contributed by atoms with Gasteiger partial charge in [0, 0.05) is 18.9 Å². The molecule has 0 saturated heterocycles. The predicted molar refractivity (Wildman–Crippen MR) is 69.0 cm³/mol. The maximum atomic E-state index is 12.1. The van der Waals surface area contributed by atoms with E-state index < -0.39 is 10.0 Å². The minimum Gasteiger partial charge on any atom is -0.300 e. The summed E-state index contributed by atoms with van der Waals surface area (Å²) in [5, 5.41) is 0.205. The van der Waals surface area contributed by atoms with E-state index in [9.17, 15) is 13.2 Å². The van der Waals surface area contributed by atoms with Crippen LogP contribution >= 0.6 is 11.6 Å². The number of halogens is 1. The highest BCUT2D eigenvalue weighted by Gasteiger charge is 2.25. The van der Waals surface area contributed by atoms with Gasteiger partial charge >= 0.3 is 0 Å². The van der Waals surface area contributed by atoms with Gasteiger partial charge in [0.1, 0.15) is 10.7 Å². The molecule has 2 rings (SSSR count). The first-order valence-corrected chi connectivity index (χ1v) is 7.64. The number of Topliss-reactive ketones (excluding diaryl/α,β-unsaturated/α-hetero) is 1. The number of benzene rings is 1. The topological polar surface area (TPSA) is 63.2 Å². The lowest BCUT2D eigenvalue weighted by atomic mass is 9.95. The van der Waals surface area contributed by atoms with E-state index in [4.69, 9.17) is 11.6 Å². The second kappa shape index (κ2) is 5.38. The SMILES string of the molecule is O=C1CCC(NS(=O)(=O)c2ccccc2Cl)CC1. The first-order valence-electron chi connectivity index (χ1n) is 5.77. The fraction of sp³-hybridized carbons (Fsp3) is 0.417. The molecule has 4 nitrogen and oxygen atoms in total. The van der Waals surface area contributed by atoms with Crippen molar-refractivity contribution in [1.29, 1.82) is 0 Å². The van der Waals surface area contributed by atoms with Crippen LogP contribution in [0.1, 0.15) is 25.7 Å². The number of nitrogens with one attached hydrogen (secondary N) is 1. The van der Waals surface area contributed by atoms with Gasteiger partial charge in [-0.1, -0.05) is 23.7 Å². The largest absolute Gasteiger partial charge is 0.300 e. The number of rotatable bonds is 3. The molecule has 1 aromatic rings. The van der Waals surface area contributed by atoms with Crippen molar-refractivity contribution in [3.8, 4) is 0 Å². The van der Waals surface area contributed by atoms with Crippen LogP contribution in [0.4, 0.5) is 0 Å². The van der Waals surface area contributed by atoms with Gasteiger partial charge in [0.15, 0.2) is 0 Å². The van der Waals surface area contributed by atoms with Crippen LogP contribution in [0.5, 0.6) is 0 Å². The van der Waals surface area contributed by atoms with Gasteiger partial charge in [-0.2, -0.15) is 0 Å². The van der Waals surface area contributed by atoms with Crippen molar-refractivity contribution >= 4 is 27.4 Å². The second-order valence-corrected chi connectivity index (χ2v) is 6.45. The van der Waals surface area contributed by atoms with Crippen LogP contribution in [0, 0.1) is 0 Å². The molecule has 0 atom stereocenters. The molecular weight excluding hydrogens is 274 g/mol. The third-order valence-electron chi connectivity index (χ3n) is 2.99. The first-order chi connectivity index (χ1) is 8.49. The standard InChI is InChI=1S/C12H14ClNO3S/c13-11-3-1-2-4-12(11)18(16,17)14-9-5-7-10(15)8-6-9/h1-4,9,14H,5-8H2. The quantitative estimate of drug-likeness (QED) is 0.926. The summed E-state index contributed by atoms with van der Waals surface area (Å²) in [4.78, 5) is 11.2. The Morgan fingerprint density at radius 2 is 1.78 bits per heavy atom. The average Bonchev–Trinajstić information content (AvgIpc) is 2.32. The molecule has 1 saturated carbocycles. The fourth-order valence-electron chi connectivity index (χ4n) is 2.00. The van der Waals surface area contributed by atoms with Gasteiger partial charge in [-0.25, -0.2) is 13.1 Å². The maximum Gasteiger partial charge on any atom is 0.242 e. The Morgan fingerprint density at radius 3 is 2.39 bits per heavy atom. The van der Waals surface area contributed by atoms with Crippen molar-refractivity contribution < 1.29 is 13.2 Å². The Bertz CT molecular complexity index is 546. The molecule has 0 bridgehead atoms. The number of sulfonamides is 1. The molecule has 1 aliphatic carbocycles. The van der Waals surface area contributed by atoms with Gasteiger partial charge in [0.05, 0.1) is 5.02 Å². The minimum atomic E-state index is -3.60. The highest BCUT2D eigenvalue weighted by Crippen LogP contribution is 2.22. The smallest absolute Gasteiger partial charge is 0.242 e. The lowest BCUT2D eigenvalue weighted by Gasteiger charge is -2.22. The van der Waals surface area contributed by atoms with Gasteiger partial charge in [0.2, 0.25) is 10.0 Å². The van der Waals surface area contributed by atoms with E-state index in [0.717, 1.165) is 0 Å². The molecule has 0 spiro atoms. The van der Waals surface area contributed by atoms with Gasteiger partial charge in [-0.3, -0.25) is 4.79 Å². The Morgan fingerprint density at radius 1 is 1.17 bits per heavy atom. The summed E-state index contributed by atoms with van der Waals surface area (Å²) in [6.45, 7) is 0. The molecule has 0 unspecified atom stereocenters. The third kappa shape index (κ3) is 3.10. The highest BCUT2D eigenvalue weighted by molar-refractivity contribution is 7.89. The van der Waals surface area contributed by atoms with E-state index in [-0.39, 0.29) is 21.7 Å². The van der Waals surface area contributed by atoms with Crippen molar-refractivity contribution in [3.63, 3.8) is 0 Å². The van der Waals surface area contributed by atoms with E-state index in [0.29, 0.717) is 25.7 Å². The summed E-state index contributed by atoms with van der Waals surface area (Å²) in [5.41, 5.74) is 0. The van der Waals surface area contributed by atoms with Crippen molar-refractivity contribution in [2.24, 2.45) is 0 Å². The summed E-state index contributed by atoms with van der Waals surface area (Å²) in [6.07, 6.45) is 2.00. The first kappa shape index (κ1) is 13.5. The summed E-state index contributed by atoms with van der Waals surface area (Å²) in [6, 6.07) is 6.15. The molecule has 18 heavy (non-hydrogen) atoms. The molecule has 0 heterocycles. The average molecular weight is 288 g/mol. The zero-order valence-corrected chi connectivity index (χ0v) is 11.3. The molecule has 0 aliphatic heterocycles. The lowest BCUT2D eigenvalue weighted by Crippen LogP contribution is -2.37. The van der Waals surface area contributed by atoms with Crippen molar-refractivity contribution in [2.75, 3.05) is 0 Å². The van der Waals surface area contributed by atoms with Crippen molar-refractivity contribution in [2.45, 2.75) is 36.6 Å². The molecule has 98 valence electrons. The summed E-state index contributed by atoms with van der Waals surface area (Å²) in [7, 11) is -3.60. The molecule has 1 aromatic carbocycles. The summed E-state index contributed by atoms with van der Waals surface area (Å²) >= 11 is 5.88. The van der Waals surface area contributed by atoms with E-state index in [1.54, 1.807) is 18.2 Å². The third-order valence-corrected chi connectivity index (χ3v) is 5.01. The zero-order chi connectivity index (χ0) is 13.2. The number of carbonyl (C=O) groups is 1. The number of carbonyl (C=O) groups excluding carboxylic acids is 1. The molecule has 1 fully saturated rings. The van der Waals surface area contributed by atoms with Crippen LogP contribution in [-0.4, -0.2) is 20.2 Å². The minimum absolute atomic E-state index is 0.0866. The molecular formula is C12H14ClNO3S. The highest BCUT2D eigenvalue weighted by atomic mass is 35.5.